The molecule has 0 bridgehead atoms. The summed E-state index contributed by atoms with van der Waals surface area (Å²) >= 11 is 0. The second-order valence-corrected chi connectivity index (χ2v) is 6.75. The highest BCUT2D eigenvalue weighted by Gasteiger charge is 2.22. The van der Waals surface area contributed by atoms with Crippen LogP contribution in [0, 0.1) is 6.92 Å². The maximum Gasteiger partial charge on any atom is 0.348 e. The van der Waals surface area contributed by atoms with Gasteiger partial charge in [-0.2, -0.15) is 0 Å². The fourth-order valence-corrected chi connectivity index (χ4v) is 3.45. The summed E-state index contributed by atoms with van der Waals surface area (Å²) in [6, 6.07) is 25.2. The number of anilines is 2. The van der Waals surface area contributed by atoms with Gasteiger partial charge in [-0.05, 0) is 36.8 Å². The molecule has 0 saturated carbocycles. The van der Waals surface area contributed by atoms with Gasteiger partial charge in [-0.15, -0.1) is 0 Å². The van der Waals surface area contributed by atoms with Gasteiger partial charge in [0.25, 0.3) is 0 Å². The van der Waals surface area contributed by atoms with Gasteiger partial charge in [0.15, 0.2) is 5.58 Å². The Morgan fingerprint density at radius 3 is 2.29 bits per heavy atom. The van der Waals surface area contributed by atoms with Crippen LogP contribution in [0.2, 0.25) is 0 Å². The van der Waals surface area contributed by atoms with Crippen LogP contribution in [0.25, 0.3) is 33.1 Å². The molecule has 4 nitrogen and oxygen atoms in total. The van der Waals surface area contributed by atoms with E-state index in [0.29, 0.717) is 28.0 Å². The first-order valence-corrected chi connectivity index (χ1v) is 9.08. The highest BCUT2D eigenvalue weighted by molar-refractivity contribution is 6.10. The zero-order chi connectivity index (χ0) is 19.1. The third kappa shape index (κ3) is 2.67. The molecular weight excluding hydrogens is 350 g/mol. The molecule has 28 heavy (non-hydrogen) atoms. The Labute approximate surface area is 161 Å². The van der Waals surface area contributed by atoms with Crippen molar-refractivity contribution < 1.29 is 8.83 Å². The van der Waals surface area contributed by atoms with Crippen molar-refractivity contribution in [2.45, 2.75) is 6.92 Å². The van der Waals surface area contributed by atoms with Gasteiger partial charge in [0.05, 0.1) is 10.9 Å². The number of fused-ring (bicyclic) bond motifs is 3. The van der Waals surface area contributed by atoms with Crippen LogP contribution in [0.3, 0.4) is 0 Å². The van der Waals surface area contributed by atoms with E-state index in [1.165, 1.54) is 0 Å². The molecule has 0 radical (unpaired) electrons. The van der Waals surface area contributed by atoms with E-state index in [0.717, 1.165) is 22.2 Å². The molecule has 5 rings (SSSR count). The lowest BCUT2D eigenvalue weighted by Gasteiger charge is -2.06. The summed E-state index contributed by atoms with van der Waals surface area (Å²) in [6.07, 6.45) is 0. The largest absolute Gasteiger partial charge is 0.439 e. The molecule has 5 aromatic rings. The van der Waals surface area contributed by atoms with Gasteiger partial charge in [0, 0.05) is 5.69 Å². The van der Waals surface area contributed by atoms with E-state index in [-0.39, 0.29) is 0 Å². The number of benzene rings is 3. The number of furan rings is 1. The monoisotopic (exact) mass is 367 g/mol. The maximum atomic E-state index is 12.9. The predicted molar refractivity (Wildman–Crippen MR) is 112 cm³/mol. The van der Waals surface area contributed by atoms with Gasteiger partial charge in [-0.3, -0.25) is 0 Å². The quantitative estimate of drug-likeness (QED) is 0.383. The van der Waals surface area contributed by atoms with E-state index >= 15 is 0 Å². The lowest BCUT2D eigenvalue weighted by Crippen LogP contribution is -2.00. The summed E-state index contributed by atoms with van der Waals surface area (Å²) in [4.78, 5) is 12.9. The zero-order valence-electron chi connectivity index (χ0n) is 15.2. The second-order valence-electron chi connectivity index (χ2n) is 6.75. The van der Waals surface area contributed by atoms with Crippen molar-refractivity contribution in [3.63, 3.8) is 0 Å². The number of aryl methyl sites for hydroxylation is 1. The van der Waals surface area contributed by atoms with Crippen molar-refractivity contribution in [3.8, 4) is 11.1 Å². The summed E-state index contributed by atoms with van der Waals surface area (Å²) in [5.74, 6) is 0.522. The Balaban J connectivity index is 1.85. The van der Waals surface area contributed by atoms with Crippen LogP contribution in [0.15, 0.2) is 92.5 Å². The minimum Gasteiger partial charge on any atom is -0.439 e. The zero-order valence-corrected chi connectivity index (χ0v) is 15.2. The maximum absolute atomic E-state index is 12.9. The molecule has 3 aromatic carbocycles. The molecule has 0 aliphatic rings. The van der Waals surface area contributed by atoms with Crippen molar-refractivity contribution in [1.29, 1.82) is 0 Å². The Hall–Kier alpha value is -3.79. The minimum atomic E-state index is -0.408. The molecule has 0 saturated heterocycles. The van der Waals surface area contributed by atoms with E-state index in [1.807, 2.05) is 79.7 Å². The Morgan fingerprint density at radius 2 is 1.50 bits per heavy atom. The van der Waals surface area contributed by atoms with Crippen LogP contribution in [-0.2, 0) is 0 Å². The van der Waals surface area contributed by atoms with Crippen molar-refractivity contribution in [2.24, 2.45) is 0 Å². The minimum absolute atomic E-state index is 0.408. The molecule has 136 valence electrons. The van der Waals surface area contributed by atoms with Crippen LogP contribution in [-0.4, -0.2) is 0 Å². The fourth-order valence-electron chi connectivity index (χ4n) is 3.45. The highest BCUT2D eigenvalue weighted by Crippen LogP contribution is 2.40. The lowest BCUT2D eigenvalue weighted by atomic mass is 10.0. The van der Waals surface area contributed by atoms with Crippen molar-refractivity contribution in [2.75, 3.05) is 5.32 Å². The summed E-state index contributed by atoms with van der Waals surface area (Å²) in [5.41, 5.74) is 4.25. The standard InChI is InChI=1S/C24H17NO3/c1-15-11-13-16(14-12-15)20-21-22(18-9-5-6-10-19(18)27-24(21)26)28-23(20)25-17-7-3-2-4-8-17/h2-14,25H,1H3. The predicted octanol–water partition coefficient (Wildman–Crippen LogP) is 6.26. The number of rotatable bonds is 3. The molecule has 0 unspecified atom stereocenters. The molecule has 0 aliphatic heterocycles. The van der Waals surface area contributed by atoms with Crippen molar-refractivity contribution >= 4 is 33.5 Å². The topological polar surface area (TPSA) is 55.4 Å². The summed E-state index contributed by atoms with van der Waals surface area (Å²) in [7, 11) is 0. The molecule has 2 heterocycles. The molecule has 0 fully saturated rings. The van der Waals surface area contributed by atoms with E-state index < -0.39 is 5.63 Å². The molecule has 0 atom stereocenters. The third-order valence-electron chi connectivity index (χ3n) is 4.82. The summed E-state index contributed by atoms with van der Waals surface area (Å²) in [6.45, 7) is 2.03. The van der Waals surface area contributed by atoms with Gasteiger partial charge in [0.1, 0.15) is 11.0 Å². The van der Waals surface area contributed by atoms with E-state index in [9.17, 15) is 4.79 Å². The SMILES string of the molecule is Cc1ccc(-c2c(Nc3ccccc3)oc3c2c(=O)oc2ccccc23)cc1. The summed E-state index contributed by atoms with van der Waals surface area (Å²) in [5, 5.41) is 4.54. The van der Waals surface area contributed by atoms with Gasteiger partial charge < -0.3 is 14.2 Å². The molecule has 4 heteroatoms. The molecule has 0 amide bonds. The molecular formula is C24H17NO3. The van der Waals surface area contributed by atoms with Crippen molar-refractivity contribution in [3.05, 3.63) is 94.8 Å². The average molecular weight is 367 g/mol. The Bertz CT molecular complexity index is 1350. The second kappa shape index (κ2) is 6.43. The number of nitrogens with one attached hydrogen (secondary N) is 1. The Morgan fingerprint density at radius 1 is 0.786 bits per heavy atom. The van der Waals surface area contributed by atoms with Crippen LogP contribution in [0.1, 0.15) is 5.56 Å². The molecule has 0 aliphatic carbocycles. The average Bonchev–Trinajstić information content (AvgIpc) is 3.09. The van der Waals surface area contributed by atoms with Crippen LogP contribution in [0.5, 0.6) is 0 Å². The Kier molecular flexibility index (Phi) is 3.76. The van der Waals surface area contributed by atoms with Gasteiger partial charge in [-0.1, -0.05) is 60.2 Å². The number of hydrogen-bond acceptors (Lipinski definition) is 4. The fraction of sp³-hybridized carbons (Fsp3) is 0.0417. The van der Waals surface area contributed by atoms with E-state index in [4.69, 9.17) is 8.83 Å². The van der Waals surface area contributed by atoms with Crippen molar-refractivity contribution in [1.82, 2.24) is 0 Å². The summed E-state index contributed by atoms with van der Waals surface area (Å²) < 4.78 is 11.8. The molecule has 2 aromatic heterocycles. The smallest absolute Gasteiger partial charge is 0.348 e. The first kappa shape index (κ1) is 16.4. The molecule has 0 spiro atoms. The van der Waals surface area contributed by atoms with Crippen LogP contribution in [0.4, 0.5) is 11.6 Å². The normalized spacial score (nSPS) is 11.2. The highest BCUT2D eigenvalue weighted by atomic mass is 16.4. The van der Waals surface area contributed by atoms with Gasteiger partial charge in [0.2, 0.25) is 5.88 Å². The number of para-hydroxylation sites is 2. The number of hydrogen-bond donors (Lipinski definition) is 1. The first-order chi connectivity index (χ1) is 13.7. The third-order valence-corrected chi connectivity index (χ3v) is 4.82. The molecule has 1 N–H and O–H groups in total. The van der Waals surface area contributed by atoms with Crippen LogP contribution < -0.4 is 10.9 Å². The van der Waals surface area contributed by atoms with Gasteiger partial charge in [-0.25, -0.2) is 4.79 Å². The van der Waals surface area contributed by atoms with E-state index in [2.05, 4.69) is 5.32 Å². The van der Waals surface area contributed by atoms with Gasteiger partial charge >= 0.3 is 5.63 Å². The van der Waals surface area contributed by atoms with E-state index in [1.54, 1.807) is 6.07 Å². The first-order valence-electron chi connectivity index (χ1n) is 9.08. The van der Waals surface area contributed by atoms with Crippen LogP contribution >= 0.6 is 0 Å². The lowest BCUT2D eigenvalue weighted by molar-refractivity contribution is 0.566.